The van der Waals surface area contributed by atoms with E-state index in [0.717, 1.165) is 33.2 Å². The number of ether oxygens (including phenoxy) is 1. The van der Waals surface area contributed by atoms with Gasteiger partial charge in [-0.2, -0.15) is 0 Å². The van der Waals surface area contributed by atoms with Gasteiger partial charge in [0.05, 0.1) is 30.5 Å². The van der Waals surface area contributed by atoms with E-state index < -0.39 is 12.0 Å². The highest BCUT2D eigenvalue weighted by molar-refractivity contribution is 5.87. The number of carbonyl (C=O) groups is 3. The molecule has 3 aromatic carbocycles. The molecule has 0 aliphatic carbocycles. The molecule has 2 aliphatic rings. The Bertz CT molecular complexity index is 1710. The SMILES string of the molecule is O=C1N[C@@H](Cc2c[nH]c3ccccc23)COC(=O)[C@@H](Cc2ccccc2)CCC=CC[C@@H]1CC(=O)N1Cc2ccccc2C[C@H]1CO. The number of aromatic amines is 1. The quantitative estimate of drug-likeness (QED) is 0.189. The molecule has 0 saturated carbocycles. The van der Waals surface area contributed by atoms with Gasteiger partial charge in [0.2, 0.25) is 11.8 Å². The summed E-state index contributed by atoms with van der Waals surface area (Å²) in [5.74, 6) is -1.60. The predicted molar refractivity (Wildman–Crippen MR) is 181 cm³/mol. The molecule has 6 rings (SSSR count). The van der Waals surface area contributed by atoms with Gasteiger partial charge in [0, 0.05) is 30.1 Å². The van der Waals surface area contributed by atoms with Crippen LogP contribution in [0.3, 0.4) is 0 Å². The van der Waals surface area contributed by atoms with Crippen molar-refractivity contribution in [2.24, 2.45) is 11.8 Å². The van der Waals surface area contributed by atoms with Gasteiger partial charge in [-0.15, -0.1) is 0 Å². The normalized spacial score (nSPS) is 22.4. The Labute approximate surface area is 275 Å². The first-order chi connectivity index (χ1) is 23.0. The summed E-state index contributed by atoms with van der Waals surface area (Å²) in [5.41, 5.74) is 5.28. The van der Waals surface area contributed by atoms with Gasteiger partial charge in [0.15, 0.2) is 0 Å². The maximum absolute atomic E-state index is 14.0. The van der Waals surface area contributed by atoms with Crippen molar-refractivity contribution in [3.05, 3.63) is 119 Å². The lowest BCUT2D eigenvalue weighted by atomic mass is 9.92. The summed E-state index contributed by atoms with van der Waals surface area (Å²) in [6.07, 6.45) is 9.20. The van der Waals surface area contributed by atoms with Crippen LogP contribution in [0.15, 0.2) is 97.2 Å². The first-order valence-electron chi connectivity index (χ1n) is 16.7. The summed E-state index contributed by atoms with van der Waals surface area (Å²) < 4.78 is 5.94. The van der Waals surface area contributed by atoms with E-state index in [0.29, 0.717) is 45.1 Å². The van der Waals surface area contributed by atoms with E-state index >= 15 is 0 Å². The molecule has 244 valence electrons. The third-order valence-electron chi connectivity index (χ3n) is 9.52. The second-order valence-electron chi connectivity index (χ2n) is 12.8. The van der Waals surface area contributed by atoms with Gasteiger partial charge in [0.1, 0.15) is 6.61 Å². The molecule has 0 bridgehead atoms. The number of aliphatic hydroxyl groups is 1. The Morgan fingerprint density at radius 1 is 0.894 bits per heavy atom. The third kappa shape index (κ3) is 8.00. The van der Waals surface area contributed by atoms with E-state index in [1.807, 2.05) is 97.2 Å². The van der Waals surface area contributed by atoms with Crippen molar-refractivity contribution in [2.75, 3.05) is 13.2 Å². The second-order valence-corrected chi connectivity index (χ2v) is 12.8. The number of rotatable bonds is 7. The number of hydrogen-bond donors (Lipinski definition) is 3. The Hall–Kier alpha value is -4.69. The van der Waals surface area contributed by atoms with Crippen molar-refractivity contribution in [1.29, 1.82) is 0 Å². The monoisotopic (exact) mass is 633 g/mol. The van der Waals surface area contributed by atoms with Crippen LogP contribution in [0, 0.1) is 11.8 Å². The van der Waals surface area contributed by atoms with Crippen LogP contribution in [0.25, 0.3) is 10.9 Å². The zero-order valence-corrected chi connectivity index (χ0v) is 26.6. The van der Waals surface area contributed by atoms with Crippen molar-refractivity contribution >= 4 is 28.7 Å². The molecular formula is C39H43N3O5. The number of nitrogens with zero attached hydrogens (tertiary/aromatic N) is 1. The molecule has 3 heterocycles. The molecule has 4 atom stereocenters. The zero-order chi connectivity index (χ0) is 32.6. The first kappa shape index (κ1) is 32.3. The number of fused-ring (bicyclic) bond motifs is 2. The number of para-hydroxylation sites is 1. The molecule has 0 unspecified atom stereocenters. The highest BCUT2D eigenvalue weighted by Crippen LogP contribution is 2.26. The zero-order valence-electron chi connectivity index (χ0n) is 26.6. The molecule has 8 heteroatoms. The van der Waals surface area contributed by atoms with Crippen LogP contribution in [0.1, 0.15) is 47.9 Å². The highest BCUT2D eigenvalue weighted by atomic mass is 16.5. The van der Waals surface area contributed by atoms with Crippen LogP contribution in [-0.4, -0.2) is 58.1 Å². The molecular weight excluding hydrogens is 590 g/mol. The van der Waals surface area contributed by atoms with Crippen LogP contribution in [0.4, 0.5) is 0 Å². The molecule has 3 N–H and O–H groups in total. The third-order valence-corrected chi connectivity index (χ3v) is 9.52. The van der Waals surface area contributed by atoms with Crippen LogP contribution in [0.5, 0.6) is 0 Å². The largest absolute Gasteiger partial charge is 0.463 e. The van der Waals surface area contributed by atoms with Crippen LogP contribution in [0.2, 0.25) is 0 Å². The van der Waals surface area contributed by atoms with E-state index in [-0.39, 0.29) is 49.4 Å². The van der Waals surface area contributed by atoms with Gasteiger partial charge < -0.3 is 25.0 Å². The standard InChI is InChI=1S/C39H43N3O5/c43-25-34-21-28-13-7-8-16-31(28)24-42(34)37(44)22-29-14-5-2-6-15-30(19-27-11-3-1-4-12-27)39(46)47-26-33(41-38(29)45)20-32-23-40-36-18-10-9-17-35(32)36/h1-5,7-13,16-18,23,29-30,33-34,40,43H,6,14-15,19-22,24-26H2,(H,41,45)/t29-,30-,33+,34+/m1/s1. The van der Waals surface area contributed by atoms with E-state index in [1.165, 1.54) is 0 Å². The second kappa shape index (κ2) is 15.3. The number of H-pyrrole nitrogens is 1. The number of hydrogen-bond acceptors (Lipinski definition) is 5. The van der Waals surface area contributed by atoms with Crippen LogP contribution in [-0.2, 0) is 44.9 Å². The Balaban J connectivity index is 1.23. The fourth-order valence-electron chi connectivity index (χ4n) is 6.87. The van der Waals surface area contributed by atoms with E-state index in [2.05, 4.69) is 10.3 Å². The summed E-state index contributed by atoms with van der Waals surface area (Å²) in [6, 6.07) is 25.1. The van der Waals surface area contributed by atoms with Crippen molar-refractivity contribution in [2.45, 2.75) is 63.6 Å². The number of aromatic nitrogens is 1. The van der Waals surface area contributed by atoms with Gasteiger partial charge in [-0.1, -0.05) is 84.9 Å². The molecule has 2 aliphatic heterocycles. The number of amides is 2. The van der Waals surface area contributed by atoms with Gasteiger partial charge in [0.25, 0.3) is 0 Å². The lowest BCUT2D eigenvalue weighted by molar-refractivity contribution is -0.150. The molecule has 4 aromatic rings. The van der Waals surface area contributed by atoms with Gasteiger partial charge >= 0.3 is 5.97 Å². The smallest absolute Gasteiger partial charge is 0.309 e. The van der Waals surface area contributed by atoms with Crippen molar-refractivity contribution in [1.82, 2.24) is 15.2 Å². The Morgan fingerprint density at radius 2 is 1.66 bits per heavy atom. The van der Waals surface area contributed by atoms with E-state index in [4.69, 9.17) is 4.74 Å². The number of carbonyl (C=O) groups excluding carboxylic acids is 3. The number of cyclic esters (lactones) is 1. The average molecular weight is 634 g/mol. The fraction of sp³-hybridized carbons (Fsp3) is 0.359. The van der Waals surface area contributed by atoms with Crippen molar-refractivity contribution in [3.63, 3.8) is 0 Å². The number of aliphatic hydroxyl groups excluding tert-OH is 1. The number of esters is 1. The number of allylic oxidation sites excluding steroid dienone is 2. The average Bonchev–Trinajstić information content (AvgIpc) is 3.51. The van der Waals surface area contributed by atoms with Gasteiger partial charge in [-0.3, -0.25) is 14.4 Å². The number of benzene rings is 3. The maximum atomic E-state index is 14.0. The van der Waals surface area contributed by atoms with E-state index in [1.54, 1.807) is 4.90 Å². The maximum Gasteiger partial charge on any atom is 0.309 e. The molecule has 8 nitrogen and oxygen atoms in total. The van der Waals surface area contributed by atoms with Crippen LogP contribution < -0.4 is 5.32 Å². The summed E-state index contributed by atoms with van der Waals surface area (Å²) in [4.78, 5) is 46.2. The minimum Gasteiger partial charge on any atom is -0.463 e. The summed E-state index contributed by atoms with van der Waals surface area (Å²) >= 11 is 0. The van der Waals surface area contributed by atoms with E-state index in [9.17, 15) is 19.5 Å². The fourth-order valence-corrected chi connectivity index (χ4v) is 6.87. The van der Waals surface area contributed by atoms with Crippen LogP contribution >= 0.6 is 0 Å². The van der Waals surface area contributed by atoms with Gasteiger partial charge in [-0.05, 0) is 66.8 Å². The lowest BCUT2D eigenvalue weighted by Gasteiger charge is -2.36. The minimum absolute atomic E-state index is 0.0189. The van der Waals surface area contributed by atoms with Gasteiger partial charge in [-0.25, -0.2) is 0 Å². The summed E-state index contributed by atoms with van der Waals surface area (Å²) in [7, 11) is 0. The summed E-state index contributed by atoms with van der Waals surface area (Å²) in [6.45, 7) is 0.296. The molecule has 0 spiro atoms. The first-order valence-corrected chi connectivity index (χ1v) is 16.7. The van der Waals surface area contributed by atoms with Crippen molar-refractivity contribution in [3.8, 4) is 0 Å². The Morgan fingerprint density at radius 3 is 2.49 bits per heavy atom. The molecule has 47 heavy (non-hydrogen) atoms. The highest BCUT2D eigenvalue weighted by Gasteiger charge is 2.33. The molecule has 0 saturated heterocycles. The predicted octanol–water partition coefficient (Wildman–Crippen LogP) is 5.29. The summed E-state index contributed by atoms with van der Waals surface area (Å²) in [5, 5.41) is 14.4. The molecule has 0 fully saturated rings. The van der Waals surface area contributed by atoms with Crippen molar-refractivity contribution < 1.29 is 24.2 Å². The molecule has 0 radical (unpaired) electrons. The minimum atomic E-state index is -0.614. The molecule has 1 aromatic heterocycles. The topological polar surface area (TPSA) is 112 Å². The Kier molecular flexibility index (Phi) is 10.5. The lowest BCUT2D eigenvalue weighted by Crippen LogP contribution is -2.48. The molecule has 2 amide bonds. The number of nitrogens with one attached hydrogen (secondary N) is 2.